The number of nitrogens with one attached hydrogen (secondary N) is 2. The molecule has 2 heterocycles. The van der Waals surface area contributed by atoms with Gasteiger partial charge in [-0.15, -0.1) is 10.2 Å². The van der Waals surface area contributed by atoms with Gasteiger partial charge in [0.1, 0.15) is 5.82 Å². The van der Waals surface area contributed by atoms with Crippen molar-refractivity contribution < 1.29 is 9.18 Å². The van der Waals surface area contributed by atoms with Crippen molar-refractivity contribution in [1.82, 2.24) is 10.2 Å². The first kappa shape index (κ1) is 15.7. The first-order chi connectivity index (χ1) is 11.1. The molecule has 0 spiro atoms. The van der Waals surface area contributed by atoms with Gasteiger partial charge in [0.15, 0.2) is 0 Å². The molecule has 1 aliphatic rings. The summed E-state index contributed by atoms with van der Waals surface area (Å²) in [6.07, 6.45) is 2.38. The molecule has 122 valence electrons. The SMILES string of the molecule is C[C@@H]1CCCN(c2nnc(NC(=O)Nc3ccc(F)cc3)s2)C1. The summed E-state index contributed by atoms with van der Waals surface area (Å²) in [5.41, 5.74) is 0.512. The van der Waals surface area contributed by atoms with Crippen molar-refractivity contribution in [3.8, 4) is 0 Å². The van der Waals surface area contributed by atoms with Gasteiger partial charge in [0.05, 0.1) is 0 Å². The molecule has 6 nitrogen and oxygen atoms in total. The fourth-order valence-electron chi connectivity index (χ4n) is 2.55. The maximum atomic E-state index is 12.8. The highest BCUT2D eigenvalue weighted by Crippen LogP contribution is 2.28. The average molecular weight is 335 g/mol. The molecule has 1 aromatic carbocycles. The van der Waals surface area contributed by atoms with Crippen LogP contribution < -0.4 is 15.5 Å². The predicted molar refractivity (Wildman–Crippen MR) is 89.6 cm³/mol. The number of carbonyl (C=O) groups excluding carboxylic acids is 1. The molecule has 0 saturated carbocycles. The number of piperidine rings is 1. The van der Waals surface area contributed by atoms with Gasteiger partial charge in [-0.1, -0.05) is 18.3 Å². The molecule has 2 amide bonds. The fraction of sp³-hybridized carbons (Fsp3) is 0.400. The summed E-state index contributed by atoms with van der Waals surface area (Å²) in [5, 5.41) is 14.7. The zero-order chi connectivity index (χ0) is 16.2. The number of halogens is 1. The zero-order valence-electron chi connectivity index (χ0n) is 12.8. The smallest absolute Gasteiger partial charge is 0.325 e. The van der Waals surface area contributed by atoms with Gasteiger partial charge in [0.2, 0.25) is 10.3 Å². The highest BCUT2D eigenvalue weighted by Gasteiger charge is 2.20. The van der Waals surface area contributed by atoms with Crippen LogP contribution in [-0.4, -0.2) is 29.3 Å². The second-order valence-corrected chi connectivity index (χ2v) is 6.63. The van der Waals surface area contributed by atoms with Crippen LogP contribution in [0.1, 0.15) is 19.8 Å². The van der Waals surface area contributed by atoms with Gasteiger partial charge in [0, 0.05) is 18.8 Å². The van der Waals surface area contributed by atoms with E-state index in [4.69, 9.17) is 0 Å². The van der Waals surface area contributed by atoms with Crippen LogP contribution in [0.4, 0.5) is 25.1 Å². The second-order valence-electron chi connectivity index (χ2n) is 5.67. The Morgan fingerprint density at radius 2 is 2.09 bits per heavy atom. The molecular formula is C15H18FN5OS. The van der Waals surface area contributed by atoms with E-state index in [-0.39, 0.29) is 5.82 Å². The van der Waals surface area contributed by atoms with E-state index in [1.54, 1.807) is 0 Å². The van der Waals surface area contributed by atoms with E-state index >= 15 is 0 Å². The first-order valence-electron chi connectivity index (χ1n) is 7.52. The Kier molecular flexibility index (Phi) is 4.71. The molecule has 2 aromatic rings. The molecule has 0 unspecified atom stereocenters. The minimum absolute atomic E-state index is 0.347. The third-order valence-electron chi connectivity index (χ3n) is 3.66. The molecule has 3 rings (SSSR count). The third-order valence-corrected chi connectivity index (χ3v) is 4.56. The van der Waals surface area contributed by atoms with Crippen LogP contribution in [0.25, 0.3) is 0 Å². The lowest BCUT2D eigenvalue weighted by molar-refractivity contribution is 0.262. The van der Waals surface area contributed by atoms with E-state index < -0.39 is 6.03 Å². The molecular weight excluding hydrogens is 317 g/mol. The quantitative estimate of drug-likeness (QED) is 0.900. The highest BCUT2D eigenvalue weighted by molar-refractivity contribution is 7.19. The van der Waals surface area contributed by atoms with Crippen LogP contribution in [0.15, 0.2) is 24.3 Å². The van der Waals surface area contributed by atoms with Crippen LogP contribution in [0.3, 0.4) is 0 Å². The van der Waals surface area contributed by atoms with Gasteiger partial charge < -0.3 is 10.2 Å². The summed E-state index contributed by atoms with van der Waals surface area (Å²) in [6, 6.07) is 5.14. The number of amides is 2. The van der Waals surface area contributed by atoms with Crippen LogP contribution in [0.5, 0.6) is 0 Å². The average Bonchev–Trinajstić information content (AvgIpc) is 2.98. The summed E-state index contributed by atoms with van der Waals surface area (Å²) in [6.45, 7) is 4.17. The number of anilines is 3. The zero-order valence-corrected chi connectivity index (χ0v) is 13.6. The normalized spacial score (nSPS) is 17.8. The molecule has 1 fully saturated rings. The minimum atomic E-state index is -0.425. The van der Waals surface area contributed by atoms with E-state index in [0.29, 0.717) is 16.7 Å². The Morgan fingerprint density at radius 3 is 2.83 bits per heavy atom. The minimum Gasteiger partial charge on any atom is -0.346 e. The van der Waals surface area contributed by atoms with Crippen LogP contribution in [-0.2, 0) is 0 Å². The molecule has 1 aliphatic heterocycles. The molecule has 1 atom stereocenters. The number of hydrogen-bond acceptors (Lipinski definition) is 5. The second kappa shape index (κ2) is 6.91. The lowest BCUT2D eigenvalue weighted by Gasteiger charge is -2.29. The van der Waals surface area contributed by atoms with Gasteiger partial charge in [-0.3, -0.25) is 5.32 Å². The van der Waals surface area contributed by atoms with Gasteiger partial charge in [-0.05, 0) is 43.0 Å². The maximum absolute atomic E-state index is 12.8. The molecule has 0 radical (unpaired) electrons. The third kappa shape index (κ3) is 4.16. The van der Waals surface area contributed by atoms with Crippen molar-refractivity contribution in [3.05, 3.63) is 30.1 Å². The van der Waals surface area contributed by atoms with E-state index in [1.165, 1.54) is 42.0 Å². The number of hydrogen-bond donors (Lipinski definition) is 2. The Bertz CT molecular complexity index is 675. The summed E-state index contributed by atoms with van der Waals surface area (Å²) >= 11 is 1.35. The maximum Gasteiger partial charge on any atom is 0.325 e. The molecule has 0 bridgehead atoms. The largest absolute Gasteiger partial charge is 0.346 e. The summed E-state index contributed by atoms with van der Waals surface area (Å²) in [7, 11) is 0. The fourth-order valence-corrected chi connectivity index (χ4v) is 3.32. The van der Waals surface area contributed by atoms with Gasteiger partial charge in [0.25, 0.3) is 0 Å². The number of urea groups is 1. The number of carbonyl (C=O) groups is 1. The van der Waals surface area contributed by atoms with Crippen molar-refractivity contribution in [2.45, 2.75) is 19.8 Å². The number of aromatic nitrogens is 2. The lowest BCUT2D eigenvalue weighted by atomic mass is 10.0. The monoisotopic (exact) mass is 335 g/mol. The molecule has 1 saturated heterocycles. The van der Waals surface area contributed by atoms with E-state index in [9.17, 15) is 9.18 Å². The van der Waals surface area contributed by atoms with E-state index in [2.05, 4.69) is 32.7 Å². The van der Waals surface area contributed by atoms with Crippen molar-refractivity contribution in [2.75, 3.05) is 28.6 Å². The standard InChI is InChI=1S/C15H18FN5OS/c1-10-3-2-8-21(9-10)15-20-19-14(23-15)18-13(22)17-12-6-4-11(16)5-7-12/h4-7,10H,2-3,8-9H2,1H3,(H2,17,18,19,22)/t10-/m1/s1. The van der Waals surface area contributed by atoms with E-state index in [0.717, 1.165) is 24.6 Å². The van der Waals surface area contributed by atoms with Gasteiger partial charge in [-0.2, -0.15) is 0 Å². The number of nitrogens with zero attached hydrogens (tertiary/aromatic N) is 3. The predicted octanol–water partition coefficient (Wildman–Crippen LogP) is 3.56. The van der Waals surface area contributed by atoms with Gasteiger partial charge >= 0.3 is 6.03 Å². The first-order valence-corrected chi connectivity index (χ1v) is 8.34. The Hall–Kier alpha value is -2.22. The van der Waals surface area contributed by atoms with Crippen LogP contribution in [0, 0.1) is 11.7 Å². The topological polar surface area (TPSA) is 70.2 Å². The van der Waals surface area contributed by atoms with Crippen LogP contribution in [0.2, 0.25) is 0 Å². The summed E-state index contributed by atoms with van der Waals surface area (Å²) in [4.78, 5) is 14.1. The highest BCUT2D eigenvalue weighted by atomic mass is 32.1. The molecule has 0 aliphatic carbocycles. The number of rotatable bonds is 3. The molecule has 2 N–H and O–H groups in total. The van der Waals surface area contributed by atoms with Crippen molar-refractivity contribution in [1.29, 1.82) is 0 Å². The Balaban J connectivity index is 1.57. The molecule has 23 heavy (non-hydrogen) atoms. The van der Waals surface area contributed by atoms with Crippen LogP contribution >= 0.6 is 11.3 Å². The summed E-state index contributed by atoms with van der Waals surface area (Å²) < 4.78 is 12.8. The summed E-state index contributed by atoms with van der Waals surface area (Å²) in [5.74, 6) is 0.298. The molecule has 1 aromatic heterocycles. The van der Waals surface area contributed by atoms with Crippen molar-refractivity contribution in [2.24, 2.45) is 5.92 Å². The van der Waals surface area contributed by atoms with E-state index in [1.807, 2.05) is 0 Å². The Labute approximate surface area is 137 Å². The number of benzene rings is 1. The van der Waals surface area contributed by atoms with Crippen molar-refractivity contribution >= 4 is 33.3 Å². The van der Waals surface area contributed by atoms with Crippen molar-refractivity contribution in [3.63, 3.8) is 0 Å². The molecule has 8 heteroatoms. The Morgan fingerprint density at radius 1 is 1.30 bits per heavy atom. The van der Waals surface area contributed by atoms with Gasteiger partial charge in [-0.25, -0.2) is 9.18 Å². The lowest BCUT2D eigenvalue weighted by Crippen LogP contribution is -2.34.